The maximum atomic E-state index is 13.3. The summed E-state index contributed by atoms with van der Waals surface area (Å²) in [4.78, 5) is 12.4. The second-order valence-electron chi connectivity index (χ2n) is 6.03. The van der Waals surface area contributed by atoms with Crippen molar-refractivity contribution in [1.82, 2.24) is 10.6 Å². The number of rotatable bonds is 5. The van der Waals surface area contributed by atoms with Gasteiger partial charge in [-0.3, -0.25) is 0 Å². The normalized spacial score (nSPS) is 17.2. The van der Waals surface area contributed by atoms with Gasteiger partial charge in [-0.15, -0.1) is 0 Å². The molecule has 0 saturated carbocycles. The smallest absolute Gasteiger partial charge is 0.315 e. The van der Waals surface area contributed by atoms with Crippen molar-refractivity contribution in [3.05, 3.63) is 71.0 Å². The van der Waals surface area contributed by atoms with Crippen LogP contribution in [0.25, 0.3) is 0 Å². The van der Waals surface area contributed by atoms with E-state index in [1.54, 1.807) is 6.07 Å². The zero-order chi connectivity index (χ0) is 16.9. The zero-order valence-corrected chi connectivity index (χ0v) is 13.3. The number of nitrogens with one attached hydrogen (secondary N) is 2. The van der Waals surface area contributed by atoms with Gasteiger partial charge >= 0.3 is 6.03 Å². The van der Waals surface area contributed by atoms with Gasteiger partial charge in [0.15, 0.2) is 0 Å². The predicted molar refractivity (Wildman–Crippen MR) is 90.0 cm³/mol. The minimum Gasteiger partial charge on any atom is -0.396 e. The van der Waals surface area contributed by atoms with Gasteiger partial charge in [-0.2, -0.15) is 0 Å². The van der Waals surface area contributed by atoms with Crippen LogP contribution in [0, 0.1) is 5.82 Å². The molecule has 0 radical (unpaired) electrons. The number of aliphatic hydroxyl groups is 1. The van der Waals surface area contributed by atoms with Crippen molar-refractivity contribution in [3.63, 3.8) is 0 Å². The van der Waals surface area contributed by atoms with E-state index in [0.717, 1.165) is 29.5 Å². The van der Waals surface area contributed by atoms with Gasteiger partial charge in [-0.25, -0.2) is 9.18 Å². The van der Waals surface area contributed by atoms with Crippen molar-refractivity contribution in [3.8, 4) is 0 Å². The minimum absolute atomic E-state index is 0.00855. The molecule has 2 aromatic rings. The summed E-state index contributed by atoms with van der Waals surface area (Å²) in [5.41, 5.74) is 2.89. The van der Waals surface area contributed by atoms with Crippen LogP contribution >= 0.6 is 0 Å². The van der Waals surface area contributed by atoms with Gasteiger partial charge in [0, 0.05) is 6.61 Å². The lowest BCUT2D eigenvalue weighted by molar-refractivity contribution is 0.226. The van der Waals surface area contributed by atoms with Crippen LogP contribution in [0.3, 0.4) is 0 Å². The molecule has 0 aliphatic heterocycles. The van der Waals surface area contributed by atoms with Gasteiger partial charge in [0.2, 0.25) is 0 Å². The molecule has 4 nitrogen and oxygen atoms in total. The Bertz CT molecular complexity index is 706. The Morgan fingerprint density at radius 3 is 2.79 bits per heavy atom. The lowest BCUT2D eigenvalue weighted by Crippen LogP contribution is -2.39. The Kier molecular flexibility index (Phi) is 5.11. The highest BCUT2D eigenvalue weighted by Gasteiger charge is 2.25. The molecule has 0 saturated heterocycles. The van der Waals surface area contributed by atoms with Crippen molar-refractivity contribution in [2.45, 2.75) is 31.3 Å². The van der Waals surface area contributed by atoms with Crippen LogP contribution in [0.4, 0.5) is 9.18 Å². The number of benzene rings is 2. The summed E-state index contributed by atoms with van der Waals surface area (Å²) in [5, 5.41) is 15.1. The van der Waals surface area contributed by atoms with E-state index in [1.807, 2.05) is 30.3 Å². The zero-order valence-electron chi connectivity index (χ0n) is 13.3. The molecule has 3 N–H and O–H groups in total. The topological polar surface area (TPSA) is 61.4 Å². The maximum absolute atomic E-state index is 13.3. The first-order valence-electron chi connectivity index (χ1n) is 8.18. The summed E-state index contributed by atoms with van der Waals surface area (Å²) in [6, 6.07) is 13.6. The molecule has 0 aromatic heterocycles. The first-order valence-corrected chi connectivity index (χ1v) is 8.18. The SMILES string of the molecule is O=C(NC1CCc2cc(F)ccc21)N[C@H](CCO)c1ccccc1. The monoisotopic (exact) mass is 328 g/mol. The van der Waals surface area contributed by atoms with Gasteiger partial charge in [0.05, 0.1) is 12.1 Å². The maximum Gasteiger partial charge on any atom is 0.315 e. The van der Waals surface area contributed by atoms with E-state index in [1.165, 1.54) is 12.1 Å². The number of halogens is 1. The van der Waals surface area contributed by atoms with Crippen LogP contribution in [-0.2, 0) is 6.42 Å². The molecular formula is C19H21FN2O2. The van der Waals surface area contributed by atoms with Gasteiger partial charge < -0.3 is 15.7 Å². The molecule has 0 heterocycles. The third-order valence-corrected chi connectivity index (χ3v) is 4.41. The van der Waals surface area contributed by atoms with Gasteiger partial charge in [-0.05, 0) is 48.1 Å². The molecule has 3 rings (SSSR count). The van der Waals surface area contributed by atoms with Crippen LogP contribution in [0.1, 0.15) is 41.6 Å². The molecule has 0 spiro atoms. The van der Waals surface area contributed by atoms with Crippen LogP contribution in [-0.4, -0.2) is 17.7 Å². The summed E-state index contributed by atoms with van der Waals surface area (Å²) >= 11 is 0. The fourth-order valence-electron chi connectivity index (χ4n) is 3.23. The predicted octanol–water partition coefficient (Wildman–Crippen LogP) is 3.24. The molecule has 1 aliphatic carbocycles. The summed E-state index contributed by atoms with van der Waals surface area (Å²) in [5.74, 6) is -0.245. The summed E-state index contributed by atoms with van der Waals surface area (Å²) in [7, 11) is 0. The molecule has 24 heavy (non-hydrogen) atoms. The molecule has 5 heteroatoms. The number of carbonyl (C=O) groups excluding carboxylic acids is 1. The number of aryl methyl sites for hydroxylation is 1. The second kappa shape index (κ2) is 7.45. The van der Waals surface area contributed by atoms with Crippen molar-refractivity contribution in [2.24, 2.45) is 0 Å². The number of amides is 2. The van der Waals surface area contributed by atoms with E-state index in [9.17, 15) is 14.3 Å². The Morgan fingerprint density at radius 1 is 1.25 bits per heavy atom. The number of hydrogen-bond acceptors (Lipinski definition) is 2. The molecule has 126 valence electrons. The van der Waals surface area contributed by atoms with E-state index in [-0.39, 0.29) is 30.5 Å². The third-order valence-electron chi connectivity index (χ3n) is 4.41. The van der Waals surface area contributed by atoms with Crippen molar-refractivity contribution in [1.29, 1.82) is 0 Å². The molecule has 0 bridgehead atoms. The first kappa shape index (κ1) is 16.5. The minimum atomic E-state index is -0.278. The number of urea groups is 1. The Hall–Kier alpha value is -2.40. The summed E-state index contributed by atoms with van der Waals surface area (Å²) in [6.07, 6.45) is 1.98. The molecule has 1 unspecified atom stereocenters. The number of aliphatic hydroxyl groups excluding tert-OH is 1. The van der Waals surface area contributed by atoms with E-state index in [0.29, 0.717) is 6.42 Å². The van der Waals surface area contributed by atoms with Crippen LogP contribution < -0.4 is 10.6 Å². The fourth-order valence-corrected chi connectivity index (χ4v) is 3.23. The van der Waals surface area contributed by atoms with Crippen LogP contribution in [0.15, 0.2) is 48.5 Å². The molecule has 0 fully saturated rings. The van der Waals surface area contributed by atoms with Crippen LogP contribution in [0.2, 0.25) is 0 Å². The van der Waals surface area contributed by atoms with E-state index >= 15 is 0 Å². The summed E-state index contributed by atoms with van der Waals surface area (Å²) in [6.45, 7) is -0.00855. The molecule has 1 aliphatic rings. The van der Waals surface area contributed by atoms with Crippen molar-refractivity contribution >= 4 is 6.03 Å². The Morgan fingerprint density at radius 2 is 2.04 bits per heavy atom. The Balaban J connectivity index is 1.65. The van der Waals surface area contributed by atoms with Crippen molar-refractivity contribution in [2.75, 3.05) is 6.61 Å². The number of carbonyl (C=O) groups is 1. The van der Waals surface area contributed by atoms with Crippen LogP contribution in [0.5, 0.6) is 0 Å². The Labute approximate surface area is 140 Å². The lowest BCUT2D eigenvalue weighted by atomic mass is 10.0. The van der Waals surface area contributed by atoms with E-state index in [4.69, 9.17) is 0 Å². The number of fused-ring (bicyclic) bond motifs is 1. The molecule has 2 aromatic carbocycles. The highest BCUT2D eigenvalue weighted by Crippen LogP contribution is 2.31. The fraction of sp³-hybridized carbons (Fsp3) is 0.316. The van der Waals surface area contributed by atoms with Gasteiger partial charge in [0.25, 0.3) is 0 Å². The van der Waals surface area contributed by atoms with Gasteiger partial charge in [0.1, 0.15) is 5.82 Å². The summed E-state index contributed by atoms with van der Waals surface area (Å²) < 4.78 is 13.3. The molecule has 2 amide bonds. The first-order chi connectivity index (χ1) is 11.7. The van der Waals surface area contributed by atoms with E-state index < -0.39 is 0 Å². The van der Waals surface area contributed by atoms with Gasteiger partial charge in [-0.1, -0.05) is 36.4 Å². The lowest BCUT2D eigenvalue weighted by Gasteiger charge is -2.21. The third kappa shape index (κ3) is 3.74. The largest absolute Gasteiger partial charge is 0.396 e. The van der Waals surface area contributed by atoms with E-state index in [2.05, 4.69) is 10.6 Å². The number of hydrogen-bond donors (Lipinski definition) is 3. The second-order valence-corrected chi connectivity index (χ2v) is 6.03. The molecular weight excluding hydrogens is 307 g/mol. The highest BCUT2D eigenvalue weighted by molar-refractivity contribution is 5.75. The standard InChI is InChI=1S/C19H21FN2O2/c20-15-7-8-16-14(12-15)6-9-18(16)22-19(24)21-17(10-11-23)13-4-2-1-3-5-13/h1-5,7-8,12,17-18,23H,6,9-11H2,(H2,21,22,24)/t17-,18?/m1/s1. The molecule has 2 atom stereocenters. The average Bonchev–Trinajstić information content (AvgIpc) is 2.97. The highest BCUT2D eigenvalue weighted by atomic mass is 19.1. The quantitative estimate of drug-likeness (QED) is 0.789. The van der Waals surface area contributed by atoms with Crippen molar-refractivity contribution < 1.29 is 14.3 Å². The average molecular weight is 328 g/mol.